The number of carbonyl (C=O) groups is 2. The van der Waals surface area contributed by atoms with Gasteiger partial charge in [-0.1, -0.05) is 24.3 Å². The first kappa shape index (κ1) is 20.9. The molecule has 2 amide bonds. The van der Waals surface area contributed by atoms with Gasteiger partial charge in [-0.3, -0.25) is 14.3 Å². The Bertz CT molecular complexity index is 1190. The van der Waals surface area contributed by atoms with Crippen molar-refractivity contribution >= 4 is 22.3 Å². The van der Waals surface area contributed by atoms with Crippen molar-refractivity contribution < 1.29 is 27.5 Å². The molecular formula is C21H18N2O6S. The van der Waals surface area contributed by atoms with Crippen molar-refractivity contribution in [3.8, 4) is 28.4 Å². The Kier molecular flexibility index (Phi) is 6.03. The number of carbonyl (C=O) groups excluding carboxylic acids is 2. The summed E-state index contributed by atoms with van der Waals surface area (Å²) in [5.41, 5.74) is 6.93. The zero-order chi connectivity index (χ0) is 21.7. The average molecular weight is 426 g/mol. The first-order valence-electron chi connectivity index (χ1n) is 8.66. The molecule has 0 aliphatic carbocycles. The fourth-order valence-corrected chi connectivity index (χ4v) is 3.64. The Labute approximate surface area is 173 Å². The second-order valence-corrected chi connectivity index (χ2v) is 7.81. The highest BCUT2D eigenvalue weighted by molar-refractivity contribution is 7.90. The number of hydrogen-bond acceptors (Lipinski definition) is 6. The summed E-state index contributed by atoms with van der Waals surface area (Å²) >= 11 is 0. The molecule has 3 rings (SSSR count). The van der Waals surface area contributed by atoms with Crippen LogP contribution in [-0.2, 0) is 14.8 Å². The van der Waals surface area contributed by atoms with Crippen LogP contribution in [0.5, 0.6) is 17.2 Å². The van der Waals surface area contributed by atoms with Crippen molar-refractivity contribution in [1.29, 1.82) is 0 Å². The maximum atomic E-state index is 12.4. The molecule has 0 aliphatic rings. The smallest absolute Gasteiger partial charge is 0.267 e. The quantitative estimate of drug-likeness (QED) is 0.534. The third-order valence-electron chi connectivity index (χ3n) is 4.21. The van der Waals surface area contributed by atoms with E-state index >= 15 is 0 Å². The van der Waals surface area contributed by atoms with Gasteiger partial charge in [0.2, 0.25) is 12.3 Å². The Balaban J connectivity index is 1.99. The summed E-state index contributed by atoms with van der Waals surface area (Å²) in [6.45, 7) is 0. The standard InChI is InChI=1S/C21H18N2O6S/c1-28-17-8-5-14(6-9-17)15-3-2-4-18(11-15)29-19-10-7-16(21(22)25)12-20(19)30(26,27)23-13-24/h2-13H,1H3,(H2,22,25)(H,23,24). The van der Waals surface area contributed by atoms with E-state index in [1.165, 1.54) is 12.1 Å². The van der Waals surface area contributed by atoms with Crippen LogP contribution in [0.25, 0.3) is 11.1 Å². The van der Waals surface area contributed by atoms with Gasteiger partial charge in [-0.25, -0.2) is 8.42 Å². The van der Waals surface area contributed by atoms with Gasteiger partial charge in [-0.05, 0) is 53.6 Å². The summed E-state index contributed by atoms with van der Waals surface area (Å²) in [4.78, 5) is 21.8. The fourth-order valence-electron chi connectivity index (χ4n) is 2.73. The van der Waals surface area contributed by atoms with Crippen LogP contribution in [0.15, 0.2) is 71.6 Å². The van der Waals surface area contributed by atoms with Crippen molar-refractivity contribution in [3.63, 3.8) is 0 Å². The highest BCUT2D eigenvalue weighted by Crippen LogP contribution is 2.32. The number of nitrogens with two attached hydrogens (primary N) is 1. The summed E-state index contributed by atoms with van der Waals surface area (Å²) in [7, 11) is -2.67. The van der Waals surface area contributed by atoms with Crippen LogP contribution in [0.4, 0.5) is 0 Å². The van der Waals surface area contributed by atoms with Gasteiger partial charge in [-0.15, -0.1) is 0 Å². The van der Waals surface area contributed by atoms with Crippen molar-refractivity contribution in [2.75, 3.05) is 7.11 Å². The van der Waals surface area contributed by atoms with Gasteiger partial charge in [0.25, 0.3) is 10.0 Å². The number of nitrogens with one attached hydrogen (secondary N) is 1. The second-order valence-electron chi connectivity index (χ2n) is 6.12. The minimum absolute atomic E-state index is 0.0281. The number of methoxy groups -OCH3 is 1. The van der Waals surface area contributed by atoms with Gasteiger partial charge in [0.1, 0.15) is 22.1 Å². The zero-order valence-corrected chi connectivity index (χ0v) is 16.7. The number of primary amides is 1. The lowest BCUT2D eigenvalue weighted by atomic mass is 10.1. The SMILES string of the molecule is COc1ccc(-c2cccc(Oc3ccc(C(N)=O)cc3S(=O)(=O)NC=O)c2)cc1. The van der Waals surface area contributed by atoms with E-state index < -0.39 is 15.9 Å². The summed E-state index contributed by atoms with van der Waals surface area (Å²) < 4.78 is 37.4. The van der Waals surface area contributed by atoms with E-state index in [4.69, 9.17) is 15.2 Å². The van der Waals surface area contributed by atoms with Crippen molar-refractivity contribution in [2.24, 2.45) is 5.73 Å². The van der Waals surface area contributed by atoms with Gasteiger partial charge in [-0.2, -0.15) is 0 Å². The van der Waals surface area contributed by atoms with Gasteiger partial charge in [0.15, 0.2) is 0 Å². The van der Waals surface area contributed by atoms with E-state index in [-0.39, 0.29) is 22.6 Å². The molecule has 0 saturated heterocycles. The zero-order valence-electron chi connectivity index (χ0n) is 15.9. The molecule has 0 heterocycles. The molecule has 9 heteroatoms. The van der Waals surface area contributed by atoms with Gasteiger partial charge in [0.05, 0.1) is 7.11 Å². The minimum Gasteiger partial charge on any atom is -0.497 e. The number of benzene rings is 3. The molecule has 0 spiro atoms. The molecule has 0 atom stereocenters. The van der Waals surface area contributed by atoms with Crippen LogP contribution in [0.1, 0.15) is 10.4 Å². The topological polar surface area (TPSA) is 125 Å². The van der Waals surface area contributed by atoms with Crippen LogP contribution in [0.2, 0.25) is 0 Å². The van der Waals surface area contributed by atoms with Gasteiger partial charge in [0, 0.05) is 5.56 Å². The van der Waals surface area contributed by atoms with Crippen LogP contribution in [0.3, 0.4) is 0 Å². The van der Waals surface area contributed by atoms with Crippen LogP contribution < -0.4 is 19.9 Å². The number of hydrogen-bond donors (Lipinski definition) is 2. The lowest BCUT2D eigenvalue weighted by Gasteiger charge is -2.13. The normalized spacial score (nSPS) is 10.8. The second kappa shape index (κ2) is 8.66. The molecule has 8 nitrogen and oxygen atoms in total. The summed E-state index contributed by atoms with van der Waals surface area (Å²) in [5.74, 6) is 0.197. The lowest BCUT2D eigenvalue weighted by molar-refractivity contribution is -0.108. The van der Waals surface area contributed by atoms with Gasteiger partial charge >= 0.3 is 0 Å². The van der Waals surface area contributed by atoms with E-state index in [9.17, 15) is 18.0 Å². The van der Waals surface area contributed by atoms with Gasteiger partial charge < -0.3 is 15.2 Å². The third kappa shape index (κ3) is 4.58. The number of ether oxygens (including phenoxy) is 2. The van der Waals surface area contributed by atoms with Crippen LogP contribution >= 0.6 is 0 Å². The Morgan fingerprint density at radius 2 is 1.70 bits per heavy atom. The largest absolute Gasteiger partial charge is 0.497 e. The summed E-state index contributed by atoms with van der Waals surface area (Å²) in [6.07, 6.45) is 0.0281. The van der Waals surface area contributed by atoms with E-state index in [0.29, 0.717) is 5.75 Å². The summed E-state index contributed by atoms with van der Waals surface area (Å²) in [6, 6.07) is 18.1. The van der Waals surface area contributed by atoms with Crippen molar-refractivity contribution in [2.45, 2.75) is 4.90 Å². The van der Waals surface area contributed by atoms with Crippen LogP contribution in [-0.4, -0.2) is 27.8 Å². The van der Waals surface area contributed by atoms with Crippen molar-refractivity contribution in [1.82, 2.24) is 4.72 Å². The number of sulfonamides is 1. The van der Waals surface area contributed by atoms with Crippen molar-refractivity contribution in [3.05, 3.63) is 72.3 Å². The Hall–Kier alpha value is -3.85. The molecule has 3 N–H and O–H groups in total. The molecule has 30 heavy (non-hydrogen) atoms. The first-order valence-corrected chi connectivity index (χ1v) is 10.1. The summed E-state index contributed by atoms with van der Waals surface area (Å²) in [5, 5.41) is 0. The first-order chi connectivity index (χ1) is 14.3. The molecule has 3 aromatic rings. The maximum Gasteiger partial charge on any atom is 0.267 e. The molecule has 0 fully saturated rings. The van der Waals surface area contributed by atoms with E-state index in [0.717, 1.165) is 22.9 Å². The molecule has 0 saturated carbocycles. The van der Waals surface area contributed by atoms with E-state index in [1.807, 2.05) is 30.3 Å². The minimum atomic E-state index is -4.25. The molecule has 0 unspecified atom stereocenters. The molecule has 0 bridgehead atoms. The molecule has 154 valence electrons. The Morgan fingerprint density at radius 1 is 0.967 bits per heavy atom. The lowest BCUT2D eigenvalue weighted by Crippen LogP contribution is -2.23. The fraction of sp³-hybridized carbons (Fsp3) is 0.0476. The molecule has 0 radical (unpaired) electrons. The predicted molar refractivity (Wildman–Crippen MR) is 110 cm³/mol. The Morgan fingerprint density at radius 3 is 2.33 bits per heavy atom. The monoisotopic (exact) mass is 426 g/mol. The number of rotatable bonds is 8. The molecule has 3 aromatic carbocycles. The van der Waals surface area contributed by atoms with Crippen LogP contribution in [0, 0.1) is 0 Å². The number of amides is 2. The third-order valence-corrected chi connectivity index (χ3v) is 5.51. The predicted octanol–water partition coefficient (Wildman–Crippen LogP) is 2.69. The maximum absolute atomic E-state index is 12.4. The average Bonchev–Trinajstić information content (AvgIpc) is 2.74. The highest BCUT2D eigenvalue weighted by atomic mass is 32.2. The molecule has 0 aliphatic heterocycles. The molecular weight excluding hydrogens is 408 g/mol. The molecule has 0 aromatic heterocycles. The highest BCUT2D eigenvalue weighted by Gasteiger charge is 2.21. The van der Waals surface area contributed by atoms with E-state index in [1.54, 1.807) is 30.0 Å². The van der Waals surface area contributed by atoms with E-state index in [2.05, 4.69) is 0 Å².